The van der Waals surface area contributed by atoms with E-state index in [4.69, 9.17) is 14.2 Å². The van der Waals surface area contributed by atoms with Gasteiger partial charge in [0.05, 0.1) is 39.9 Å². The summed E-state index contributed by atoms with van der Waals surface area (Å²) < 4.78 is 16.1. The van der Waals surface area contributed by atoms with Crippen molar-refractivity contribution in [1.29, 1.82) is 0 Å². The number of carboxylic acids is 1. The van der Waals surface area contributed by atoms with Gasteiger partial charge in [0, 0.05) is 37.9 Å². The molecule has 1 aliphatic rings. The number of carbonyl (C=O) groups is 4. The maximum absolute atomic E-state index is 13.5. The topological polar surface area (TPSA) is 159 Å². The van der Waals surface area contributed by atoms with Crippen LogP contribution in [0.1, 0.15) is 29.5 Å². The Labute approximate surface area is 280 Å². The number of aliphatic carboxylic acids is 1. The number of benzene rings is 3. The zero-order valence-electron chi connectivity index (χ0n) is 27.7. The molecule has 5 amide bonds. The van der Waals surface area contributed by atoms with E-state index in [-0.39, 0.29) is 37.4 Å². The summed E-state index contributed by atoms with van der Waals surface area (Å²) in [6, 6.07) is 17.1. The lowest BCUT2D eigenvalue weighted by Gasteiger charge is -2.28. The summed E-state index contributed by atoms with van der Waals surface area (Å²) in [7, 11) is 4.59. The van der Waals surface area contributed by atoms with E-state index in [1.807, 2.05) is 43.3 Å². The minimum atomic E-state index is -0.989. The number of nitrogens with one attached hydrogen (secondary N) is 3. The quantitative estimate of drug-likeness (QED) is 0.196. The van der Waals surface area contributed by atoms with Gasteiger partial charge in [0.2, 0.25) is 5.91 Å². The molecule has 13 nitrogen and oxygen atoms in total. The lowest BCUT2D eigenvalue weighted by molar-refractivity contribution is -0.137. The first-order valence-electron chi connectivity index (χ1n) is 15.7. The fourth-order valence-corrected chi connectivity index (χ4v) is 5.49. The van der Waals surface area contributed by atoms with E-state index in [0.29, 0.717) is 66.7 Å². The molecule has 1 unspecified atom stereocenters. The van der Waals surface area contributed by atoms with Gasteiger partial charge in [-0.25, -0.2) is 9.59 Å². The van der Waals surface area contributed by atoms with E-state index in [1.165, 1.54) is 12.0 Å². The van der Waals surface area contributed by atoms with E-state index in [2.05, 4.69) is 16.0 Å². The number of hydrogen-bond acceptors (Lipinski definition) is 7. The summed E-state index contributed by atoms with van der Waals surface area (Å²) in [6.07, 6.45) is 0.963. The molecule has 0 radical (unpaired) electrons. The standard InChI is InChI=1S/C35H43N5O8/c1-23-7-5-6-8-27(23)37-34(44)38-28-11-9-25(20-30(28)47-3)21-32(41)36-26-14-17-40(22-26)35(45)39(18-15-33(42)43)16-13-24-10-12-29(46-2)31(19-24)48-4/h5-12,19-20,26H,13-18,21-22H2,1-4H3,(H,36,41)(H,42,43)(H2,37,38,44). The van der Waals surface area contributed by atoms with Gasteiger partial charge in [-0.3, -0.25) is 9.59 Å². The molecule has 1 saturated heterocycles. The number of nitrogens with zero attached hydrogens (tertiary/aromatic N) is 2. The lowest BCUT2D eigenvalue weighted by Crippen LogP contribution is -2.45. The van der Waals surface area contributed by atoms with Crippen LogP contribution in [0.15, 0.2) is 60.7 Å². The fraction of sp³-hybridized carbons (Fsp3) is 0.371. The van der Waals surface area contributed by atoms with E-state index in [1.54, 1.807) is 43.4 Å². The Morgan fingerprint density at radius 3 is 2.25 bits per heavy atom. The molecule has 256 valence electrons. The van der Waals surface area contributed by atoms with Crippen LogP contribution < -0.4 is 30.2 Å². The number of urea groups is 2. The highest BCUT2D eigenvalue weighted by atomic mass is 16.5. The van der Waals surface area contributed by atoms with Crippen molar-refractivity contribution in [3.8, 4) is 17.2 Å². The fourth-order valence-electron chi connectivity index (χ4n) is 5.49. The Morgan fingerprint density at radius 2 is 1.54 bits per heavy atom. The van der Waals surface area contributed by atoms with Crippen LogP contribution in [-0.2, 0) is 22.4 Å². The van der Waals surface area contributed by atoms with E-state index < -0.39 is 12.0 Å². The lowest BCUT2D eigenvalue weighted by atomic mass is 10.1. The van der Waals surface area contributed by atoms with Crippen LogP contribution in [0.5, 0.6) is 17.2 Å². The van der Waals surface area contributed by atoms with Crippen molar-refractivity contribution in [3.05, 3.63) is 77.4 Å². The van der Waals surface area contributed by atoms with E-state index in [9.17, 15) is 24.3 Å². The first kappa shape index (κ1) is 35.4. The van der Waals surface area contributed by atoms with Crippen LogP contribution in [0.2, 0.25) is 0 Å². The number of amides is 5. The molecule has 13 heteroatoms. The monoisotopic (exact) mass is 661 g/mol. The molecule has 4 N–H and O–H groups in total. The molecule has 1 atom stereocenters. The van der Waals surface area contributed by atoms with Crippen LogP contribution in [-0.4, -0.2) is 92.4 Å². The number of anilines is 2. The largest absolute Gasteiger partial charge is 0.495 e. The SMILES string of the molecule is COc1cc(CC(=O)NC2CCN(C(=O)N(CCC(=O)O)CCc3ccc(OC)c(OC)c3)C2)ccc1NC(=O)Nc1ccccc1C. The number of carboxylic acid groups (broad SMARTS) is 1. The summed E-state index contributed by atoms with van der Waals surface area (Å²) in [6.45, 7) is 3.03. The summed E-state index contributed by atoms with van der Waals surface area (Å²) in [5, 5.41) is 17.9. The van der Waals surface area contributed by atoms with Gasteiger partial charge in [0.1, 0.15) is 5.75 Å². The number of methoxy groups -OCH3 is 3. The summed E-state index contributed by atoms with van der Waals surface area (Å²) in [5.41, 5.74) is 3.68. The number of rotatable bonds is 14. The van der Waals surface area contributed by atoms with Crippen LogP contribution in [0, 0.1) is 6.92 Å². The molecular formula is C35H43N5O8. The third-order valence-electron chi connectivity index (χ3n) is 8.08. The van der Waals surface area contributed by atoms with Crippen molar-refractivity contribution in [3.63, 3.8) is 0 Å². The smallest absolute Gasteiger partial charge is 0.323 e. The van der Waals surface area contributed by atoms with Crippen molar-refractivity contribution < 1.29 is 38.5 Å². The van der Waals surface area contributed by atoms with Gasteiger partial charge in [0.25, 0.3) is 0 Å². The highest BCUT2D eigenvalue weighted by Gasteiger charge is 2.30. The molecule has 3 aromatic carbocycles. The third-order valence-corrected chi connectivity index (χ3v) is 8.08. The van der Waals surface area contributed by atoms with E-state index in [0.717, 1.165) is 11.1 Å². The van der Waals surface area contributed by atoms with E-state index >= 15 is 0 Å². The second-order valence-corrected chi connectivity index (χ2v) is 11.5. The normalized spacial score (nSPS) is 13.8. The van der Waals surface area contributed by atoms with Crippen molar-refractivity contribution >= 4 is 35.3 Å². The molecule has 4 rings (SSSR count). The van der Waals surface area contributed by atoms with Crippen LogP contribution in [0.4, 0.5) is 21.0 Å². The number of hydrogen-bond donors (Lipinski definition) is 4. The zero-order valence-corrected chi connectivity index (χ0v) is 27.7. The predicted octanol–water partition coefficient (Wildman–Crippen LogP) is 4.54. The Bertz CT molecular complexity index is 1610. The molecular weight excluding hydrogens is 618 g/mol. The van der Waals surface area contributed by atoms with Gasteiger partial charge in [-0.15, -0.1) is 0 Å². The Hall–Kier alpha value is -5.46. The van der Waals surface area contributed by atoms with Gasteiger partial charge < -0.3 is 45.1 Å². The molecule has 1 aliphatic heterocycles. The minimum absolute atomic E-state index is 0.0647. The molecule has 1 heterocycles. The van der Waals surface area contributed by atoms with Crippen LogP contribution in [0.25, 0.3) is 0 Å². The minimum Gasteiger partial charge on any atom is -0.495 e. The predicted molar refractivity (Wildman–Crippen MR) is 181 cm³/mol. The zero-order chi connectivity index (χ0) is 34.6. The Kier molecular flexibility index (Phi) is 12.5. The second-order valence-electron chi connectivity index (χ2n) is 11.5. The summed E-state index contributed by atoms with van der Waals surface area (Å²) in [5.74, 6) is 0.371. The second kappa shape index (κ2) is 16.9. The number of carbonyl (C=O) groups excluding carboxylic acids is 3. The van der Waals surface area contributed by atoms with Crippen molar-refractivity contribution in [1.82, 2.24) is 15.1 Å². The average molecular weight is 662 g/mol. The summed E-state index contributed by atoms with van der Waals surface area (Å²) >= 11 is 0. The molecule has 0 aromatic heterocycles. The first-order chi connectivity index (χ1) is 23.1. The number of likely N-dealkylation sites (tertiary alicyclic amines) is 1. The summed E-state index contributed by atoms with van der Waals surface area (Å²) in [4.78, 5) is 53.5. The van der Waals surface area contributed by atoms with Crippen molar-refractivity contribution in [2.75, 3.05) is 58.1 Å². The maximum atomic E-state index is 13.5. The Balaban J connectivity index is 1.30. The Morgan fingerprint density at radius 1 is 0.854 bits per heavy atom. The van der Waals surface area contributed by atoms with Gasteiger partial charge in [-0.2, -0.15) is 0 Å². The van der Waals surface area contributed by atoms with Crippen molar-refractivity contribution in [2.45, 2.75) is 38.6 Å². The first-order valence-corrected chi connectivity index (χ1v) is 15.7. The van der Waals surface area contributed by atoms with Gasteiger partial charge in [-0.1, -0.05) is 30.3 Å². The van der Waals surface area contributed by atoms with Gasteiger partial charge in [-0.05, 0) is 66.8 Å². The number of para-hydroxylation sites is 1. The van der Waals surface area contributed by atoms with Gasteiger partial charge in [0.15, 0.2) is 11.5 Å². The van der Waals surface area contributed by atoms with Crippen LogP contribution >= 0.6 is 0 Å². The molecule has 48 heavy (non-hydrogen) atoms. The van der Waals surface area contributed by atoms with Crippen molar-refractivity contribution in [2.24, 2.45) is 0 Å². The number of aryl methyl sites for hydroxylation is 1. The average Bonchev–Trinajstić information content (AvgIpc) is 3.54. The van der Waals surface area contributed by atoms with Crippen LogP contribution in [0.3, 0.4) is 0 Å². The highest BCUT2D eigenvalue weighted by molar-refractivity contribution is 6.01. The molecule has 0 spiro atoms. The molecule has 3 aromatic rings. The maximum Gasteiger partial charge on any atom is 0.323 e. The molecule has 0 bridgehead atoms. The molecule has 0 aliphatic carbocycles. The van der Waals surface area contributed by atoms with Gasteiger partial charge >= 0.3 is 18.0 Å². The highest BCUT2D eigenvalue weighted by Crippen LogP contribution is 2.28. The third kappa shape index (κ3) is 9.77. The molecule has 1 fully saturated rings. The number of ether oxygens (including phenoxy) is 3. The molecule has 0 saturated carbocycles.